The number of rotatable bonds is 7. The average Bonchev–Trinajstić information content (AvgIpc) is 2.60. The molecule has 1 heterocycles. The van der Waals surface area contributed by atoms with E-state index in [0.717, 1.165) is 4.68 Å². The first-order valence-electron chi connectivity index (χ1n) is 7.62. The maximum atomic E-state index is 12.3. The molecule has 25 heavy (non-hydrogen) atoms. The first kappa shape index (κ1) is 18.3. The van der Waals surface area contributed by atoms with Gasteiger partial charge in [-0.3, -0.25) is 19.7 Å². The van der Waals surface area contributed by atoms with Gasteiger partial charge in [-0.15, -0.1) is 0 Å². The van der Waals surface area contributed by atoms with Crippen LogP contribution >= 0.6 is 0 Å². The molecule has 2 aromatic rings. The first-order chi connectivity index (χ1) is 12.0. The fraction of sp³-hybridized carbons (Fsp3) is 0.312. The number of ether oxygens (including phenoxy) is 1. The molecule has 0 bridgehead atoms. The lowest BCUT2D eigenvalue weighted by molar-refractivity contribution is -0.385. The fourth-order valence-electron chi connectivity index (χ4n) is 2.21. The van der Waals surface area contributed by atoms with Gasteiger partial charge in [0, 0.05) is 30.5 Å². The van der Waals surface area contributed by atoms with E-state index in [1.807, 2.05) is 6.92 Å². The van der Waals surface area contributed by atoms with Gasteiger partial charge >= 0.3 is 0 Å². The highest BCUT2D eigenvalue weighted by Gasteiger charge is 2.15. The first-order valence-corrected chi connectivity index (χ1v) is 7.62. The lowest BCUT2D eigenvalue weighted by Gasteiger charge is -2.08. The van der Waals surface area contributed by atoms with Crippen molar-refractivity contribution in [1.29, 1.82) is 0 Å². The highest BCUT2D eigenvalue weighted by molar-refractivity contribution is 6.02. The molecule has 1 amide bonds. The molecule has 0 spiro atoms. The molecule has 1 aromatic heterocycles. The molecular weight excluding hydrogens is 328 g/mol. The van der Waals surface area contributed by atoms with Gasteiger partial charge in [0.25, 0.3) is 17.2 Å². The number of amides is 1. The van der Waals surface area contributed by atoms with Gasteiger partial charge < -0.3 is 10.1 Å². The molecule has 0 saturated carbocycles. The van der Waals surface area contributed by atoms with Crippen LogP contribution in [0.25, 0.3) is 0 Å². The van der Waals surface area contributed by atoms with Gasteiger partial charge in [0.2, 0.25) is 0 Å². The molecule has 132 valence electrons. The zero-order valence-corrected chi connectivity index (χ0v) is 13.9. The van der Waals surface area contributed by atoms with Crippen LogP contribution in [0.15, 0.2) is 35.1 Å². The lowest BCUT2D eigenvalue weighted by atomic mass is 10.1. The second-order valence-electron chi connectivity index (χ2n) is 5.18. The Kier molecular flexibility index (Phi) is 5.96. The Bertz CT molecular complexity index is 847. The highest BCUT2D eigenvalue weighted by atomic mass is 16.6. The van der Waals surface area contributed by atoms with E-state index in [4.69, 9.17) is 4.74 Å². The van der Waals surface area contributed by atoms with Gasteiger partial charge in [-0.1, -0.05) is 13.0 Å². The molecule has 0 atom stereocenters. The van der Waals surface area contributed by atoms with E-state index in [-0.39, 0.29) is 35.8 Å². The third-order valence-electron chi connectivity index (χ3n) is 3.53. The van der Waals surface area contributed by atoms with E-state index in [0.29, 0.717) is 12.0 Å². The van der Waals surface area contributed by atoms with Gasteiger partial charge in [-0.25, -0.2) is 4.68 Å². The van der Waals surface area contributed by atoms with E-state index in [1.54, 1.807) is 12.1 Å². The number of hydrogen-bond donors (Lipinski definition) is 1. The molecule has 9 heteroatoms. The molecule has 1 N–H and O–H groups in total. The smallest absolute Gasteiger partial charge is 0.276 e. The van der Waals surface area contributed by atoms with Crippen LogP contribution in [-0.2, 0) is 17.7 Å². The van der Waals surface area contributed by atoms with Crippen LogP contribution in [0.1, 0.15) is 23.0 Å². The summed E-state index contributed by atoms with van der Waals surface area (Å²) in [6, 6.07) is 7.03. The Morgan fingerprint density at radius 1 is 1.36 bits per heavy atom. The van der Waals surface area contributed by atoms with Crippen molar-refractivity contribution >= 4 is 17.3 Å². The molecule has 0 aliphatic carbocycles. The standard InChI is InChI=1S/C16H18N4O5/c1-3-11-4-5-12(10-14(11)20(23)24)17-16(22)13-6-7-15(21)19(18-13)8-9-25-2/h4-7,10H,3,8-9H2,1-2H3,(H,17,22). The van der Waals surface area contributed by atoms with Crippen molar-refractivity contribution in [2.24, 2.45) is 0 Å². The summed E-state index contributed by atoms with van der Waals surface area (Å²) in [6.45, 7) is 2.31. The number of methoxy groups -OCH3 is 1. The van der Waals surface area contributed by atoms with E-state index >= 15 is 0 Å². The predicted octanol–water partition coefficient (Wildman–Crippen LogP) is 1.61. The number of nitro benzene ring substituents is 1. The molecule has 0 aliphatic heterocycles. The van der Waals surface area contributed by atoms with Crippen molar-refractivity contribution in [3.8, 4) is 0 Å². The zero-order chi connectivity index (χ0) is 18.4. The molecule has 0 fully saturated rings. The summed E-state index contributed by atoms with van der Waals surface area (Å²) in [7, 11) is 1.49. The largest absolute Gasteiger partial charge is 0.383 e. The minimum Gasteiger partial charge on any atom is -0.383 e. The van der Waals surface area contributed by atoms with E-state index in [1.165, 1.54) is 25.3 Å². The minimum absolute atomic E-state index is 0.0259. The normalized spacial score (nSPS) is 10.5. The second-order valence-corrected chi connectivity index (χ2v) is 5.18. The summed E-state index contributed by atoms with van der Waals surface area (Å²) in [5, 5.41) is 17.6. The van der Waals surface area contributed by atoms with Gasteiger partial charge in [0.1, 0.15) is 5.69 Å². The Morgan fingerprint density at radius 2 is 2.12 bits per heavy atom. The Hall–Kier alpha value is -3.07. The Labute approximate surface area is 143 Å². The summed E-state index contributed by atoms with van der Waals surface area (Å²) in [5.74, 6) is -0.565. The van der Waals surface area contributed by atoms with Gasteiger partial charge in [-0.05, 0) is 18.6 Å². The van der Waals surface area contributed by atoms with Gasteiger partial charge in [-0.2, -0.15) is 5.10 Å². The Balaban J connectivity index is 2.23. The summed E-state index contributed by atoms with van der Waals surface area (Å²) in [4.78, 5) is 34.6. The summed E-state index contributed by atoms with van der Waals surface area (Å²) in [6.07, 6.45) is 0.510. The maximum absolute atomic E-state index is 12.3. The van der Waals surface area contributed by atoms with Crippen molar-refractivity contribution < 1.29 is 14.5 Å². The van der Waals surface area contributed by atoms with Crippen LogP contribution in [0.3, 0.4) is 0 Å². The molecule has 2 rings (SSSR count). The van der Waals surface area contributed by atoms with Gasteiger partial charge in [0.05, 0.1) is 18.1 Å². The number of nitro groups is 1. The van der Waals surface area contributed by atoms with Crippen LogP contribution in [0.2, 0.25) is 0 Å². The summed E-state index contributed by atoms with van der Waals surface area (Å²) in [5.41, 5.74) is 0.479. The predicted molar refractivity (Wildman–Crippen MR) is 90.8 cm³/mol. The van der Waals surface area contributed by atoms with Crippen molar-refractivity contribution in [2.45, 2.75) is 19.9 Å². The number of benzene rings is 1. The third kappa shape index (κ3) is 4.48. The van der Waals surface area contributed by atoms with E-state index in [9.17, 15) is 19.7 Å². The number of carbonyl (C=O) groups excluding carboxylic acids is 1. The van der Waals surface area contributed by atoms with Crippen molar-refractivity contribution in [3.63, 3.8) is 0 Å². The van der Waals surface area contributed by atoms with Crippen molar-refractivity contribution in [1.82, 2.24) is 9.78 Å². The molecule has 0 unspecified atom stereocenters. The maximum Gasteiger partial charge on any atom is 0.276 e. The molecule has 0 radical (unpaired) electrons. The Morgan fingerprint density at radius 3 is 2.76 bits per heavy atom. The minimum atomic E-state index is -0.565. The monoisotopic (exact) mass is 346 g/mol. The van der Waals surface area contributed by atoms with Crippen LogP contribution < -0.4 is 10.9 Å². The van der Waals surface area contributed by atoms with Crippen LogP contribution in [-0.4, -0.2) is 34.3 Å². The number of nitrogens with one attached hydrogen (secondary N) is 1. The van der Waals surface area contributed by atoms with Crippen LogP contribution in [0, 0.1) is 10.1 Å². The average molecular weight is 346 g/mol. The molecular formula is C16H18N4O5. The second kappa shape index (κ2) is 8.15. The fourth-order valence-corrected chi connectivity index (χ4v) is 2.21. The number of hydrogen-bond acceptors (Lipinski definition) is 6. The number of anilines is 1. The summed E-state index contributed by atoms with van der Waals surface area (Å²) < 4.78 is 6.02. The topological polar surface area (TPSA) is 116 Å². The molecule has 0 saturated heterocycles. The number of aryl methyl sites for hydroxylation is 1. The molecule has 9 nitrogen and oxygen atoms in total. The summed E-state index contributed by atoms with van der Waals surface area (Å²) >= 11 is 0. The number of carbonyl (C=O) groups is 1. The molecule has 0 aliphatic rings. The quantitative estimate of drug-likeness (QED) is 0.601. The van der Waals surface area contributed by atoms with Crippen LogP contribution in [0.5, 0.6) is 0 Å². The highest BCUT2D eigenvalue weighted by Crippen LogP contribution is 2.23. The molecule has 1 aromatic carbocycles. The van der Waals surface area contributed by atoms with Crippen LogP contribution in [0.4, 0.5) is 11.4 Å². The lowest BCUT2D eigenvalue weighted by Crippen LogP contribution is -2.27. The third-order valence-corrected chi connectivity index (χ3v) is 3.53. The van der Waals surface area contributed by atoms with E-state index < -0.39 is 10.8 Å². The van der Waals surface area contributed by atoms with Crippen molar-refractivity contribution in [2.75, 3.05) is 19.0 Å². The van der Waals surface area contributed by atoms with Crippen molar-refractivity contribution in [3.05, 3.63) is 62.1 Å². The van der Waals surface area contributed by atoms with Gasteiger partial charge in [0.15, 0.2) is 0 Å². The number of nitrogens with zero attached hydrogens (tertiary/aromatic N) is 3. The number of aromatic nitrogens is 2. The zero-order valence-electron chi connectivity index (χ0n) is 13.9. The van der Waals surface area contributed by atoms with E-state index in [2.05, 4.69) is 10.4 Å². The SMILES string of the molecule is CCc1ccc(NC(=O)c2ccc(=O)n(CCOC)n2)cc1[N+](=O)[O-].